The summed E-state index contributed by atoms with van der Waals surface area (Å²) >= 11 is 0. The van der Waals surface area contributed by atoms with Crippen LogP contribution in [0.25, 0.3) is 22.3 Å². The minimum absolute atomic E-state index is 0.275. The van der Waals surface area contributed by atoms with Crippen LogP contribution in [0.3, 0.4) is 0 Å². The fraction of sp³-hybridized carbons (Fsp3) is 0.560. The van der Waals surface area contributed by atoms with Crippen molar-refractivity contribution in [1.82, 2.24) is 35.4 Å². The normalized spacial score (nSPS) is 26.5. The lowest BCUT2D eigenvalue weighted by molar-refractivity contribution is -0.133. The Morgan fingerprint density at radius 2 is 1.86 bits per heavy atom. The van der Waals surface area contributed by atoms with Crippen LogP contribution in [0.1, 0.15) is 32.6 Å². The predicted octanol–water partition coefficient (Wildman–Crippen LogP) is 1.80. The van der Waals surface area contributed by atoms with Gasteiger partial charge in [-0.1, -0.05) is 0 Å². The van der Waals surface area contributed by atoms with Gasteiger partial charge >= 0.3 is 0 Å². The average Bonchev–Trinajstić information content (AvgIpc) is 3.60. The van der Waals surface area contributed by atoms with E-state index in [1.165, 1.54) is 0 Å². The molecular formula is C25H31N9O. The number of carbonyl (C=O) groups excluding carboxylic acids is 1. The van der Waals surface area contributed by atoms with Crippen LogP contribution in [0.4, 0.5) is 11.8 Å². The summed E-state index contributed by atoms with van der Waals surface area (Å²) in [4.78, 5) is 33.8. The van der Waals surface area contributed by atoms with Gasteiger partial charge in [0.25, 0.3) is 0 Å². The predicted molar refractivity (Wildman–Crippen MR) is 133 cm³/mol. The fourth-order valence-corrected chi connectivity index (χ4v) is 5.98. The number of nitrogens with zero attached hydrogens (tertiary/aromatic N) is 7. The van der Waals surface area contributed by atoms with Gasteiger partial charge < -0.3 is 20.0 Å². The summed E-state index contributed by atoms with van der Waals surface area (Å²) in [6, 6.07) is 5.18. The van der Waals surface area contributed by atoms with Crippen molar-refractivity contribution in [1.29, 1.82) is 0 Å². The molecule has 0 radical (unpaired) electrons. The number of hydrogen-bond acceptors (Lipinski definition) is 8. The monoisotopic (exact) mass is 473 g/mol. The summed E-state index contributed by atoms with van der Waals surface area (Å²) in [5, 5.41) is 11.1. The number of anilines is 2. The molecular weight excluding hydrogens is 442 g/mol. The molecule has 10 heteroatoms. The smallest absolute Gasteiger partial charge is 0.226 e. The molecule has 182 valence electrons. The number of aromatic nitrogens is 5. The largest absolute Gasteiger partial charge is 0.354 e. The molecule has 0 aromatic carbocycles. The summed E-state index contributed by atoms with van der Waals surface area (Å²) in [7, 11) is 0. The first-order valence-electron chi connectivity index (χ1n) is 12.9. The average molecular weight is 474 g/mol. The van der Waals surface area contributed by atoms with Crippen LogP contribution in [0.15, 0.2) is 24.5 Å². The van der Waals surface area contributed by atoms with Gasteiger partial charge in [-0.25, -0.2) is 15.0 Å². The Balaban J connectivity index is 1.15. The number of rotatable bonds is 4. The number of carbonyl (C=O) groups is 1. The Morgan fingerprint density at radius 1 is 1.03 bits per heavy atom. The lowest BCUT2D eigenvalue weighted by Crippen LogP contribution is -2.56. The molecule has 1 aliphatic carbocycles. The van der Waals surface area contributed by atoms with Crippen LogP contribution >= 0.6 is 0 Å². The third-order valence-electron chi connectivity index (χ3n) is 7.95. The van der Waals surface area contributed by atoms with Crippen LogP contribution in [0.2, 0.25) is 0 Å². The van der Waals surface area contributed by atoms with E-state index in [1.807, 2.05) is 12.4 Å². The summed E-state index contributed by atoms with van der Waals surface area (Å²) in [6.45, 7) is 6.64. The van der Waals surface area contributed by atoms with Crippen LogP contribution in [0, 0.1) is 5.92 Å². The van der Waals surface area contributed by atoms with E-state index in [1.54, 1.807) is 0 Å². The number of hydrogen-bond donors (Lipinski definition) is 2. The number of H-pyrrole nitrogens is 1. The summed E-state index contributed by atoms with van der Waals surface area (Å²) < 4.78 is 0. The second kappa shape index (κ2) is 8.15. The van der Waals surface area contributed by atoms with Crippen molar-refractivity contribution in [2.45, 2.75) is 50.7 Å². The van der Waals surface area contributed by atoms with E-state index < -0.39 is 0 Å². The van der Waals surface area contributed by atoms with Crippen molar-refractivity contribution in [3.8, 4) is 11.3 Å². The molecule has 2 N–H and O–H groups in total. The van der Waals surface area contributed by atoms with E-state index in [4.69, 9.17) is 15.0 Å². The van der Waals surface area contributed by atoms with E-state index in [2.05, 4.69) is 49.3 Å². The second-order valence-electron chi connectivity index (χ2n) is 10.5. The Bertz CT molecular complexity index is 1240. The molecule has 3 aromatic rings. The second-order valence-corrected chi connectivity index (χ2v) is 10.5. The quantitative estimate of drug-likeness (QED) is 0.591. The number of fused-ring (bicyclic) bond motifs is 3. The van der Waals surface area contributed by atoms with Gasteiger partial charge in [0.15, 0.2) is 0 Å². The molecule has 35 heavy (non-hydrogen) atoms. The zero-order chi connectivity index (χ0) is 23.5. The van der Waals surface area contributed by atoms with Gasteiger partial charge in [0.1, 0.15) is 22.5 Å². The summed E-state index contributed by atoms with van der Waals surface area (Å²) in [5.74, 6) is 2.36. The zero-order valence-electron chi connectivity index (χ0n) is 20.0. The van der Waals surface area contributed by atoms with E-state index in [0.29, 0.717) is 11.9 Å². The van der Waals surface area contributed by atoms with E-state index in [9.17, 15) is 4.79 Å². The number of pyridine rings is 1. The number of nitrogens with one attached hydrogen (secondary N) is 2. The van der Waals surface area contributed by atoms with Crippen LogP contribution in [-0.4, -0.2) is 86.8 Å². The highest BCUT2D eigenvalue weighted by Crippen LogP contribution is 2.37. The SMILES string of the molecule is CC1CN(c2ccc(-c3n[nH]c4cnc(N5[C@@H]6CC[C@H]5CN(C(=O)C5CC5)C6)nc34)cn2)CCN1. The molecule has 10 nitrogen and oxygen atoms in total. The van der Waals surface area contributed by atoms with Gasteiger partial charge in [-0.3, -0.25) is 9.89 Å². The van der Waals surface area contributed by atoms with Crippen molar-refractivity contribution in [2.24, 2.45) is 5.92 Å². The maximum absolute atomic E-state index is 12.7. The van der Waals surface area contributed by atoms with Crippen LogP contribution in [0.5, 0.6) is 0 Å². The van der Waals surface area contributed by atoms with Gasteiger partial charge in [0.2, 0.25) is 11.9 Å². The molecule has 4 fully saturated rings. The minimum atomic E-state index is 0.275. The molecule has 3 atom stereocenters. The molecule has 1 amide bonds. The summed E-state index contributed by atoms with van der Waals surface area (Å²) in [5.41, 5.74) is 3.37. The van der Waals surface area contributed by atoms with Gasteiger partial charge in [-0.05, 0) is 44.7 Å². The Morgan fingerprint density at radius 3 is 2.57 bits per heavy atom. The fourth-order valence-electron chi connectivity index (χ4n) is 5.98. The molecule has 2 bridgehead atoms. The van der Waals surface area contributed by atoms with Crippen LogP contribution < -0.4 is 15.1 Å². The Labute approximate surface area is 204 Å². The van der Waals surface area contributed by atoms with Crippen molar-refractivity contribution in [3.05, 3.63) is 24.5 Å². The highest BCUT2D eigenvalue weighted by molar-refractivity contribution is 5.89. The third kappa shape index (κ3) is 3.71. The maximum Gasteiger partial charge on any atom is 0.226 e. The molecule has 3 aliphatic heterocycles. The molecule has 3 aromatic heterocycles. The van der Waals surface area contributed by atoms with Crippen LogP contribution in [-0.2, 0) is 4.79 Å². The zero-order valence-corrected chi connectivity index (χ0v) is 20.0. The standard InChI is InChI=1S/C25H31N9O/c1-15-12-32(9-8-26-15)21-7-4-17(10-27-21)22-23-20(30-31-22)11-28-25(29-23)34-18-5-6-19(34)14-33(13-18)24(35)16-2-3-16/h4,7,10-11,15-16,18-19,26H,2-3,5-6,8-9,12-14H2,1H3,(H,30,31)/t15?,18-,19+. The molecule has 0 spiro atoms. The molecule has 1 unspecified atom stereocenters. The minimum Gasteiger partial charge on any atom is -0.354 e. The summed E-state index contributed by atoms with van der Waals surface area (Å²) in [6.07, 6.45) is 8.00. The maximum atomic E-state index is 12.7. The third-order valence-corrected chi connectivity index (χ3v) is 7.95. The first-order chi connectivity index (χ1) is 17.1. The molecule has 7 rings (SSSR count). The van der Waals surface area contributed by atoms with Gasteiger partial charge in [-0.15, -0.1) is 0 Å². The van der Waals surface area contributed by atoms with Gasteiger partial charge in [0, 0.05) is 68.5 Å². The lowest BCUT2D eigenvalue weighted by Gasteiger charge is -2.41. The Kier molecular flexibility index (Phi) is 4.90. The molecule has 4 aliphatic rings. The van der Waals surface area contributed by atoms with Crippen molar-refractivity contribution in [2.75, 3.05) is 42.5 Å². The molecule has 3 saturated heterocycles. The van der Waals surface area contributed by atoms with E-state index in [-0.39, 0.29) is 18.0 Å². The molecule has 6 heterocycles. The first-order valence-corrected chi connectivity index (χ1v) is 12.9. The van der Waals surface area contributed by atoms with E-state index in [0.717, 1.165) is 92.5 Å². The Hall–Kier alpha value is -3.27. The highest BCUT2D eigenvalue weighted by atomic mass is 16.2. The first kappa shape index (κ1) is 21.0. The highest BCUT2D eigenvalue weighted by Gasteiger charge is 2.45. The number of aromatic amines is 1. The lowest BCUT2D eigenvalue weighted by atomic mass is 10.1. The van der Waals surface area contributed by atoms with Crippen molar-refractivity contribution in [3.63, 3.8) is 0 Å². The van der Waals surface area contributed by atoms with Crippen molar-refractivity contribution >= 4 is 28.7 Å². The van der Waals surface area contributed by atoms with Gasteiger partial charge in [-0.2, -0.15) is 5.10 Å². The number of piperazine rings is 2. The number of amides is 1. The van der Waals surface area contributed by atoms with Gasteiger partial charge in [0.05, 0.1) is 6.20 Å². The topological polar surface area (TPSA) is 106 Å². The van der Waals surface area contributed by atoms with Crippen molar-refractivity contribution < 1.29 is 4.79 Å². The van der Waals surface area contributed by atoms with E-state index >= 15 is 0 Å². The molecule has 1 saturated carbocycles. The number of likely N-dealkylation sites (tertiary alicyclic amines) is 1.